The molecule has 11 heteroatoms. The zero-order chi connectivity index (χ0) is 23.9. The molecule has 1 aliphatic rings. The molecule has 1 saturated heterocycles. The number of piperazine rings is 1. The summed E-state index contributed by atoms with van der Waals surface area (Å²) in [6.45, 7) is 2.20. The summed E-state index contributed by atoms with van der Waals surface area (Å²) in [6, 6.07) is 17.8. The Morgan fingerprint density at radius 3 is 2.49 bits per heavy atom. The summed E-state index contributed by atoms with van der Waals surface area (Å²) >= 11 is 1.44. The van der Waals surface area contributed by atoms with Gasteiger partial charge in [-0.15, -0.1) is 21.5 Å². The Morgan fingerprint density at radius 2 is 1.71 bits per heavy atom. The monoisotopic (exact) mass is 485 g/mol. The molecule has 0 atom stereocenters. The van der Waals surface area contributed by atoms with Crippen LogP contribution in [-0.2, 0) is 0 Å². The first kappa shape index (κ1) is 21.2. The summed E-state index contributed by atoms with van der Waals surface area (Å²) in [5.74, 6) is 0.985. The number of carbonyl (C=O) groups is 1. The van der Waals surface area contributed by atoms with Gasteiger partial charge in [0.25, 0.3) is 11.6 Å². The normalized spacial score (nSPS) is 14.1. The first-order chi connectivity index (χ1) is 17.1. The number of nitro benzene ring substituents is 1. The Bertz CT molecular complexity index is 1570. The van der Waals surface area contributed by atoms with Crippen molar-refractivity contribution in [1.82, 2.24) is 24.5 Å². The number of amides is 1. The maximum absolute atomic E-state index is 12.8. The van der Waals surface area contributed by atoms with Crippen molar-refractivity contribution in [3.63, 3.8) is 0 Å². The molecule has 0 saturated carbocycles. The third-order valence-corrected chi connectivity index (χ3v) is 7.01. The van der Waals surface area contributed by atoms with Gasteiger partial charge < -0.3 is 9.80 Å². The van der Waals surface area contributed by atoms with E-state index in [1.54, 1.807) is 22.6 Å². The first-order valence-corrected chi connectivity index (χ1v) is 11.9. The van der Waals surface area contributed by atoms with E-state index in [9.17, 15) is 14.9 Å². The molecule has 0 unspecified atom stereocenters. The van der Waals surface area contributed by atoms with Gasteiger partial charge in [0.1, 0.15) is 0 Å². The number of rotatable bonds is 4. The molecule has 0 bridgehead atoms. The lowest BCUT2D eigenvalue weighted by atomic mass is 10.1. The molecule has 35 heavy (non-hydrogen) atoms. The molecule has 3 aromatic heterocycles. The van der Waals surface area contributed by atoms with Crippen LogP contribution in [0, 0.1) is 10.1 Å². The Labute approximate surface area is 203 Å². The molecule has 2 aromatic carbocycles. The number of thiophene rings is 1. The van der Waals surface area contributed by atoms with Crippen LogP contribution in [0.15, 0.2) is 66.0 Å². The summed E-state index contributed by atoms with van der Waals surface area (Å²) in [5, 5.41) is 23.2. The highest BCUT2D eigenvalue weighted by atomic mass is 32.1. The second-order valence-corrected chi connectivity index (χ2v) is 9.09. The summed E-state index contributed by atoms with van der Waals surface area (Å²) in [6.07, 6.45) is 0. The Balaban J connectivity index is 1.45. The number of carbonyl (C=O) groups excluding carboxylic acids is 1. The predicted octanol–water partition coefficient (Wildman–Crippen LogP) is 3.88. The highest BCUT2D eigenvalue weighted by Crippen LogP contribution is 2.33. The van der Waals surface area contributed by atoms with Crippen LogP contribution in [0.2, 0.25) is 0 Å². The molecular formula is C24H19N7O3S. The maximum atomic E-state index is 12.8. The van der Waals surface area contributed by atoms with Crippen LogP contribution in [-0.4, -0.2) is 61.5 Å². The minimum Gasteiger partial charge on any atom is -0.338 e. The fraction of sp³-hybridized carbons (Fsp3) is 0.167. The molecule has 0 N–H and O–H groups in total. The predicted molar refractivity (Wildman–Crippen MR) is 133 cm³/mol. The van der Waals surface area contributed by atoms with E-state index < -0.39 is 4.92 Å². The lowest BCUT2D eigenvalue weighted by Gasteiger charge is -2.35. The average Bonchev–Trinajstić information content (AvgIpc) is 3.59. The van der Waals surface area contributed by atoms with Crippen molar-refractivity contribution in [2.45, 2.75) is 0 Å². The van der Waals surface area contributed by atoms with Gasteiger partial charge in [0, 0.05) is 37.6 Å². The number of hydrogen-bond acceptors (Lipinski definition) is 8. The largest absolute Gasteiger partial charge is 0.338 e. The highest BCUT2D eigenvalue weighted by Gasteiger charge is 2.28. The van der Waals surface area contributed by atoms with Crippen LogP contribution in [0.4, 0.5) is 11.6 Å². The van der Waals surface area contributed by atoms with E-state index in [0.29, 0.717) is 49.2 Å². The van der Waals surface area contributed by atoms with E-state index >= 15 is 0 Å². The Hall–Kier alpha value is -4.38. The van der Waals surface area contributed by atoms with Crippen LogP contribution in [0.1, 0.15) is 9.67 Å². The van der Waals surface area contributed by atoms with Crippen molar-refractivity contribution in [2.24, 2.45) is 0 Å². The van der Waals surface area contributed by atoms with Gasteiger partial charge in [0.2, 0.25) is 5.95 Å². The lowest BCUT2D eigenvalue weighted by molar-refractivity contribution is -0.384. The van der Waals surface area contributed by atoms with E-state index in [1.165, 1.54) is 17.4 Å². The molecule has 0 radical (unpaired) electrons. The van der Waals surface area contributed by atoms with Gasteiger partial charge in [0.05, 0.1) is 20.9 Å². The van der Waals surface area contributed by atoms with E-state index in [0.717, 1.165) is 15.8 Å². The fourth-order valence-electron chi connectivity index (χ4n) is 4.44. The quantitative estimate of drug-likeness (QED) is 0.281. The molecule has 4 heterocycles. The molecule has 0 spiro atoms. The van der Waals surface area contributed by atoms with Crippen molar-refractivity contribution in [3.05, 3.63) is 81.0 Å². The number of nitrogens with zero attached hydrogens (tertiary/aromatic N) is 7. The van der Waals surface area contributed by atoms with E-state index in [2.05, 4.69) is 15.1 Å². The second kappa shape index (κ2) is 8.44. The number of nitro groups is 1. The van der Waals surface area contributed by atoms with Gasteiger partial charge in [-0.2, -0.15) is 0 Å². The summed E-state index contributed by atoms with van der Waals surface area (Å²) in [4.78, 5) is 33.7. The van der Waals surface area contributed by atoms with Gasteiger partial charge in [-0.1, -0.05) is 30.3 Å². The third kappa shape index (κ3) is 3.56. The number of fused-ring (bicyclic) bond motifs is 3. The van der Waals surface area contributed by atoms with Gasteiger partial charge >= 0.3 is 0 Å². The molecule has 0 aliphatic carbocycles. The van der Waals surface area contributed by atoms with Crippen molar-refractivity contribution in [2.75, 3.05) is 31.1 Å². The standard InChI is InChI=1S/C24H19N7O3S/c32-23(20-10-5-15-35-20)28-11-13-29(14-12-28)24-25-18-8-3-1-6-16(18)21-26-27-22(30(21)24)17-7-2-4-9-19(17)31(33)34/h1-10,15H,11-14H2. The van der Waals surface area contributed by atoms with Crippen LogP contribution in [0.5, 0.6) is 0 Å². The van der Waals surface area contributed by atoms with Crippen LogP contribution in [0.25, 0.3) is 27.9 Å². The maximum Gasteiger partial charge on any atom is 0.280 e. The first-order valence-electron chi connectivity index (χ1n) is 11.1. The Kier molecular flexibility index (Phi) is 5.10. The number of anilines is 1. The fourth-order valence-corrected chi connectivity index (χ4v) is 5.13. The van der Waals surface area contributed by atoms with E-state index in [1.807, 2.05) is 46.7 Å². The van der Waals surface area contributed by atoms with Gasteiger partial charge in [0.15, 0.2) is 11.5 Å². The topological polar surface area (TPSA) is 110 Å². The molecule has 10 nitrogen and oxygen atoms in total. The summed E-state index contributed by atoms with van der Waals surface area (Å²) < 4.78 is 1.79. The van der Waals surface area contributed by atoms with Crippen molar-refractivity contribution in [3.8, 4) is 11.4 Å². The number of hydrogen-bond donors (Lipinski definition) is 0. The van der Waals surface area contributed by atoms with E-state index in [4.69, 9.17) is 4.98 Å². The number of benzene rings is 2. The number of para-hydroxylation sites is 2. The summed E-state index contributed by atoms with van der Waals surface area (Å²) in [5.41, 5.74) is 1.66. The third-order valence-electron chi connectivity index (χ3n) is 6.15. The van der Waals surface area contributed by atoms with Crippen LogP contribution < -0.4 is 4.90 Å². The Morgan fingerprint density at radius 1 is 0.943 bits per heavy atom. The number of aromatic nitrogens is 4. The molecular weight excluding hydrogens is 466 g/mol. The average molecular weight is 486 g/mol. The SMILES string of the molecule is O=C(c1cccs1)N1CCN(c2nc3ccccc3c3nnc(-c4ccccc4[N+](=O)[O-])n23)CC1. The minimum atomic E-state index is -0.417. The van der Waals surface area contributed by atoms with Crippen molar-refractivity contribution >= 4 is 45.4 Å². The molecule has 6 rings (SSSR count). The lowest BCUT2D eigenvalue weighted by Crippen LogP contribution is -2.49. The molecule has 1 fully saturated rings. The van der Waals surface area contributed by atoms with Crippen LogP contribution >= 0.6 is 11.3 Å². The van der Waals surface area contributed by atoms with Crippen molar-refractivity contribution in [1.29, 1.82) is 0 Å². The van der Waals surface area contributed by atoms with Gasteiger partial charge in [-0.25, -0.2) is 9.38 Å². The zero-order valence-corrected chi connectivity index (χ0v) is 19.3. The van der Waals surface area contributed by atoms with Crippen molar-refractivity contribution < 1.29 is 9.72 Å². The van der Waals surface area contributed by atoms with Gasteiger partial charge in [-0.05, 0) is 29.6 Å². The zero-order valence-electron chi connectivity index (χ0n) is 18.4. The minimum absolute atomic E-state index is 0.0289. The molecule has 1 aliphatic heterocycles. The highest BCUT2D eigenvalue weighted by molar-refractivity contribution is 7.12. The van der Waals surface area contributed by atoms with E-state index in [-0.39, 0.29) is 11.6 Å². The van der Waals surface area contributed by atoms with Crippen LogP contribution in [0.3, 0.4) is 0 Å². The van der Waals surface area contributed by atoms with Gasteiger partial charge in [-0.3, -0.25) is 14.9 Å². The molecule has 174 valence electrons. The second-order valence-electron chi connectivity index (χ2n) is 8.14. The molecule has 1 amide bonds. The molecule has 5 aromatic rings. The smallest absolute Gasteiger partial charge is 0.280 e. The summed E-state index contributed by atoms with van der Waals surface area (Å²) in [7, 11) is 0.